The molecule has 0 spiro atoms. The quantitative estimate of drug-likeness (QED) is 0.298. The Balaban J connectivity index is 1.57. The molecule has 0 aliphatic carbocycles. The molecule has 0 bridgehead atoms. The summed E-state index contributed by atoms with van der Waals surface area (Å²) in [7, 11) is 2.07. The molecule has 1 aliphatic heterocycles. The number of likely N-dealkylation sites (tertiary alicyclic amines) is 1. The lowest BCUT2D eigenvalue weighted by atomic mass is 9.98. The number of rotatable bonds is 6. The lowest BCUT2D eigenvalue weighted by molar-refractivity contribution is -0.111. The van der Waals surface area contributed by atoms with Crippen molar-refractivity contribution in [1.29, 1.82) is 0 Å². The fourth-order valence-corrected chi connectivity index (χ4v) is 4.70. The van der Waals surface area contributed by atoms with E-state index in [1.165, 1.54) is 18.5 Å². The third-order valence-electron chi connectivity index (χ3n) is 6.35. The highest BCUT2D eigenvalue weighted by Gasteiger charge is 2.19. The molecule has 1 aromatic heterocycles. The van der Waals surface area contributed by atoms with E-state index in [-0.39, 0.29) is 17.0 Å². The predicted molar refractivity (Wildman–Crippen MR) is 143 cm³/mol. The molecular formula is C28H25ClFN5O. The van der Waals surface area contributed by atoms with Gasteiger partial charge in [0.15, 0.2) is 0 Å². The number of anilines is 3. The Kier molecular flexibility index (Phi) is 6.93. The van der Waals surface area contributed by atoms with Crippen LogP contribution in [0.15, 0.2) is 79.1 Å². The summed E-state index contributed by atoms with van der Waals surface area (Å²) in [6.07, 6.45) is 7.20. The number of nitrogens with zero attached hydrogens (tertiary/aromatic N) is 3. The lowest BCUT2D eigenvalue weighted by Crippen LogP contribution is -2.23. The van der Waals surface area contributed by atoms with Crippen molar-refractivity contribution < 1.29 is 9.18 Å². The van der Waals surface area contributed by atoms with Crippen LogP contribution >= 0.6 is 11.6 Å². The summed E-state index contributed by atoms with van der Waals surface area (Å²) in [5.74, 6) is -0.189. The highest BCUT2D eigenvalue weighted by Crippen LogP contribution is 2.39. The van der Waals surface area contributed by atoms with E-state index in [1.807, 2.05) is 48.5 Å². The maximum atomic E-state index is 13.7. The van der Waals surface area contributed by atoms with E-state index in [1.54, 1.807) is 12.1 Å². The number of nitrogens with one attached hydrogen (secondary N) is 2. The Morgan fingerprint density at radius 1 is 1.14 bits per heavy atom. The van der Waals surface area contributed by atoms with Crippen molar-refractivity contribution in [3.05, 3.63) is 90.0 Å². The maximum absolute atomic E-state index is 13.7. The van der Waals surface area contributed by atoms with Gasteiger partial charge in [0.25, 0.3) is 0 Å². The molecular weight excluding hydrogens is 477 g/mol. The van der Waals surface area contributed by atoms with Gasteiger partial charge in [-0.3, -0.25) is 9.69 Å². The third kappa shape index (κ3) is 5.08. The normalized spacial score (nSPS) is 16.0. The zero-order valence-electron chi connectivity index (χ0n) is 19.7. The predicted octanol–water partition coefficient (Wildman–Crippen LogP) is 6.42. The molecule has 0 radical (unpaired) electrons. The van der Waals surface area contributed by atoms with Gasteiger partial charge in [0.05, 0.1) is 15.9 Å². The molecule has 4 aromatic rings. The molecule has 3 aromatic carbocycles. The van der Waals surface area contributed by atoms with E-state index in [0.29, 0.717) is 22.7 Å². The molecule has 1 unspecified atom stereocenters. The van der Waals surface area contributed by atoms with E-state index in [2.05, 4.69) is 32.5 Å². The third-order valence-corrected chi connectivity index (χ3v) is 6.64. The van der Waals surface area contributed by atoms with E-state index in [9.17, 15) is 9.18 Å². The molecule has 2 N–H and O–H groups in total. The minimum Gasteiger partial charge on any atom is -0.340 e. The van der Waals surface area contributed by atoms with Gasteiger partial charge >= 0.3 is 0 Å². The molecule has 6 nitrogen and oxygen atoms in total. The van der Waals surface area contributed by atoms with Crippen LogP contribution in [0.3, 0.4) is 0 Å². The van der Waals surface area contributed by atoms with Crippen molar-refractivity contribution in [2.24, 2.45) is 0 Å². The number of amides is 1. The van der Waals surface area contributed by atoms with E-state index >= 15 is 0 Å². The Morgan fingerprint density at radius 3 is 2.72 bits per heavy atom. The van der Waals surface area contributed by atoms with Crippen LogP contribution in [0.25, 0.3) is 22.0 Å². The van der Waals surface area contributed by atoms with Gasteiger partial charge in [0, 0.05) is 29.1 Å². The fraction of sp³-hybridized carbons (Fsp3) is 0.179. The van der Waals surface area contributed by atoms with E-state index in [0.717, 1.165) is 35.9 Å². The van der Waals surface area contributed by atoms with Gasteiger partial charge in [-0.05, 0) is 62.3 Å². The van der Waals surface area contributed by atoms with Gasteiger partial charge in [-0.25, -0.2) is 14.4 Å². The fourth-order valence-electron chi connectivity index (χ4n) is 4.52. The van der Waals surface area contributed by atoms with Gasteiger partial charge < -0.3 is 10.6 Å². The molecule has 1 atom stereocenters. The zero-order chi connectivity index (χ0) is 25.1. The summed E-state index contributed by atoms with van der Waals surface area (Å²) in [5.41, 5.74) is 3.59. The zero-order valence-corrected chi connectivity index (χ0v) is 20.5. The first-order valence-electron chi connectivity index (χ1n) is 11.7. The van der Waals surface area contributed by atoms with Crippen LogP contribution in [-0.4, -0.2) is 40.4 Å². The molecule has 182 valence electrons. The average molecular weight is 502 g/mol. The molecule has 1 saturated heterocycles. The first-order valence-corrected chi connectivity index (χ1v) is 12.1. The number of likely N-dealkylation sites (N-methyl/N-ethyl adjacent to an activating group) is 1. The number of carbonyl (C=O) groups is 1. The monoisotopic (exact) mass is 501 g/mol. The second-order valence-electron chi connectivity index (χ2n) is 8.76. The highest BCUT2D eigenvalue weighted by molar-refractivity contribution is 6.31. The Hall–Kier alpha value is -3.81. The minimum absolute atomic E-state index is 0.00860. The lowest BCUT2D eigenvalue weighted by Gasteiger charge is -2.17. The summed E-state index contributed by atoms with van der Waals surface area (Å²) in [6.45, 7) is 1.04. The number of benzene rings is 3. The van der Waals surface area contributed by atoms with Crippen LogP contribution in [-0.2, 0) is 4.79 Å². The van der Waals surface area contributed by atoms with E-state index in [4.69, 9.17) is 11.6 Å². The summed E-state index contributed by atoms with van der Waals surface area (Å²) in [5, 5.41) is 7.02. The van der Waals surface area contributed by atoms with Gasteiger partial charge in [-0.1, -0.05) is 48.0 Å². The number of halogens is 2. The van der Waals surface area contributed by atoms with Crippen molar-refractivity contribution in [1.82, 2.24) is 14.9 Å². The van der Waals surface area contributed by atoms with Crippen LogP contribution in [0.5, 0.6) is 0 Å². The number of hydrogen-bond acceptors (Lipinski definition) is 5. The molecule has 36 heavy (non-hydrogen) atoms. The highest BCUT2D eigenvalue weighted by atomic mass is 35.5. The number of fused-ring (bicyclic) bond motifs is 1. The second kappa shape index (κ2) is 10.4. The van der Waals surface area contributed by atoms with Crippen LogP contribution in [0.1, 0.15) is 12.8 Å². The Morgan fingerprint density at radius 2 is 1.97 bits per heavy atom. The van der Waals surface area contributed by atoms with Crippen molar-refractivity contribution in [2.75, 3.05) is 24.2 Å². The second-order valence-corrected chi connectivity index (χ2v) is 9.17. The summed E-state index contributed by atoms with van der Waals surface area (Å²) < 4.78 is 13.7. The summed E-state index contributed by atoms with van der Waals surface area (Å²) in [6, 6.07) is 18.1. The standard InChI is InChI=1S/C28H25ClFN5O/c1-35-15-5-8-20(35)10-14-25(36)34-24-13-12-23-27(26(24)18-6-3-2-4-7-18)28(32-17-31-23)33-19-9-11-22(30)21(29)16-19/h2-4,6-7,9-14,16-17,20H,5,8,15H2,1H3,(H,34,36)(H,31,32,33). The van der Waals surface area contributed by atoms with Crippen LogP contribution in [0.2, 0.25) is 5.02 Å². The molecule has 5 rings (SSSR count). The van der Waals surface area contributed by atoms with E-state index < -0.39 is 5.82 Å². The molecule has 1 amide bonds. The topological polar surface area (TPSA) is 70.2 Å². The average Bonchev–Trinajstić information content (AvgIpc) is 3.30. The Labute approximate surface area is 213 Å². The summed E-state index contributed by atoms with van der Waals surface area (Å²) >= 11 is 5.99. The molecule has 1 aliphatic rings. The van der Waals surface area contributed by atoms with Crippen molar-refractivity contribution in [3.63, 3.8) is 0 Å². The van der Waals surface area contributed by atoms with Crippen LogP contribution in [0.4, 0.5) is 21.6 Å². The number of hydrogen-bond donors (Lipinski definition) is 2. The van der Waals surface area contributed by atoms with Crippen molar-refractivity contribution >= 4 is 45.6 Å². The smallest absolute Gasteiger partial charge is 0.248 e. The largest absolute Gasteiger partial charge is 0.340 e. The minimum atomic E-state index is -0.499. The van der Waals surface area contributed by atoms with Crippen molar-refractivity contribution in [2.45, 2.75) is 18.9 Å². The Bertz CT molecular complexity index is 1440. The molecule has 1 fully saturated rings. The van der Waals surface area contributed by atoms with Crippen molar-refractivity contribution in [3.8, 4) is 11.1 Å². The van der Waals surface area contributed by atoms with Crippen LogP contribution < -0.4 is 10.6 Å². The first-order chi connectivity index (χ1) is 17.5. The van der Waals surface area contributed by atoms with Gasteiger partial charge in [-0.2, -0.15) is 0 Å². The maximum Gasteiger partial charge on any atom is 0.248 e. The van der Waals surface area contributed by atoms with Gasteiger partial charge in [-0.15, -0.1) is 0 Å². The molecule has 0 saturated carbocycles. The first kappa shape index (κ1) is 23.9. The number of aromatic nitrogens is 2. The number of carbonyl (C=O) groups excluding carboxylic acids is 1. The van der Waals surface area contributed by atoms with Gasteiger partial charge in [0.1, 0.15) is 18.0 Å². The molecule has 2 heterocycles. The SMILES string of the molecule is CN1CCCC1C=CC(=O)Nc1ccc2ncnc(Nc3ccc(F)c(Cl)c3)c2c1-c1ccccc1. The van der Waals surface area contributed by atoms with Crippen LogP contribution in [0, 0.1) is 5.82 Å². The van der Waals surface area contributed by atoms with Gasteiger partial charge in [0.2, 0.25) is 5.91 Å². The molecule has 8 heteroatoms. The summed E-state index contributed by atoms with van der Waals surface area (Å²) in [4.78, 5) is 24.1.